The standard InChI is InChI=1S/C9H13BrF2/c1-2-3-4-5-6-7-8-9(10,11)12/h2-6H2,1H3. The number of hydrogen-bond acceptors (Lipinski definition) is 0. The average molecular weight is 239 g/mol. The third-order valence-electron chi connectivity index (χ3n) is 1.39. The van der Waals surface area contributed by atoms with Crippen LogP contribution in [0.15, 0.2) is 0 Å². The van der Waals surface area contributed by atoms with E-state index in [1.165, 1.54) is 0 Å². The summed E-state index contributed by atoms with van der Waals surface area (Å²) in [4.78, 5) is -3.00. The predicted molar refractivity (Wildman–Crippen MR) is 50.4 cm³/mol. The van der Waals surface area contributed by atoms with Crippen LogP contribution in [0.2, 0.25) is 0 Å². The zero-order chi connectivity index (χ0) is 9.45. The first-order valence-electron chi connectivity index (χ1n) is 4.13. The van der Waals surface area contributed by atoms with Crippen molar-refractivity contribution in [2.75, 3.05) is 0 Å². The Morgan fingerprint density at radius 2 is 1.92 bits per heavy atom. The van der Waals surface area contributed by atoms with Gasteiger partial charge in [0.05, 0.1) is 0 Å². The van der Waals surface area contributed by atoms with Gasteiger partial charge in [-0.2, -0.15) is 8.78 Å². The summed E-state index contributed by atoms with van der Waals surface area (Å²) in [7, 11) is 0. The van der Waals surface area contributed by atoms with Crippen molar-refractivity contribution >= 4 is 15.9 Å². The van der Waals surface area contributed by atoms with Gasteiger partial charge in [-0.3, -0.25) is 0 Å². The Balaban J connectivity index is 3.34. The molecule has 0 unspecified atom stereocenters. The highest BCUT2D eigenvalue weighted by atomic mass is 79.9. The van der Waals surface area contributed by atoms with Crippen LogP contribution >= 0.6 is 15.9 Å². The smallest absolute Gasteiger partial charge is 0.180 e. The second-order valence-electron chi connectivity index (χ2n) is 2.61. The maximum Gasteiger partial charge on any atom is 0.363 e. The lowest BCUT2D eigenvalue weighted by atomic mass is 10.2. The van der Waals surface area contributed by atoms with E-state index >= 15 is 0 Å². The molecule has 12 heavy (non-hydrogen) atoms. The molecule has 0 N–H and O–H groups in total. The lowest BCUT2D eigenvalue weighted by Crippen LogP contribution is -1.98. The van der Waals surface area contributed by atoms with Crippen molar-refractivity contribution < 1.29 is 8.78 Å². The summed E-state index contributed by atoms with van der Waals surface area (Å²) in [6.07, 6.45) is 4.89. The van der Waals surface area contributed by atoms with Crippen molar-refractivity contribution in [3.8, 4) is 11.8 Å². The van der Waals surface area contributed by atoms with Crippen LogP contribution in [0.3, 0.4) is 0 Å². The quantitative estimate of drug-likeness (QED) is 0.396. The van der Waals surface area contributed by atoms with Crippen LogP contribution < -0.4 is 0 Å². The van der Waals surface area contributed by atoms with E-state index in [9.17, 15) is 8.78 Å². The summed E-state index contributed by atoms with van der Waals surface area (Å²) >= 11 is 2.15. The molecule has 0 saturated carbocycles. The van der Waals surface area contributed by atoms with Crippen LogP contribution in [-0.4, -0.2) is 4.83 Å². The molecule has 0 aliphatic rings. The summed E-state index contributed by atoms with van der Waals surface area (Å²) in [6.45, 7) is 2.11. The highest BCUT2D eigenvalue weighted by Crippen LogP contribution is 2.19. The highest BCUT2D eigenvalue weighted by molar-refractivity contribution is 9.10. The van der Waals surface area contributed by atoms with Crippen molar-refractivity contribution in [3.05, 3.63) is 0 Å². The molecular formula is C9H13BrF2. The van der Waals surface area contributed by atoms with Crippen LogP contribution in [0.25, 0.3) is 0 Å². The zero-order valence-electron chi connectivity index (χ0n) is 7.17. The monoisotopic (exact) mass is 238 g/mol. The molecule has 0 radical (unpaired) electrons. The van der Waals surface area contributed by atoms with Gasteiger partial charge in [-0.05, 0) is 12.3 Å². The molecule has 0 aromatic heterocycles. The first-order chi connectivity index (χ1) is 5.56. The van der Waals surface area contributed by atoms with E-state index in [0.717, 1.165) is 25.7 Å². The Morgan fingerprint density at radius 3 is 2.42 bits per heavy atom. The van der Waals surface area contributed by atoms with Crippen LogP contribution in [0.1, 0.15) is 39.0 Å². The van der Waals surface area contributed by atoms with Crippen LogP contribution in [-0.2, 0) is 0 Å². The molecule has 0 nitrogen and oxygen atoms in total. The van der Waals surface area contributed by atoms with E-state index in [4.69, 9.17) is 0 Å². The number of alkyl halides is 3. The molecule has 0 aliphatic carbocycles. The summed E-state index contributed by atoms with van der Waals surface area (Å²) in [5, 5.41) is 0. The largest absolute Gasteiger partial charge is 0.363 e. The molecule has 0 atom stereocenters. The van der Waals surface area contributed by atoms with Gasteiger partial charge >= 0.3 is 4.83 Å². The Hall–Kier alpha value is -0.100. The van der Waals surface area contributed by atoms with Gasteiger partial charge in [-0.25, -0.2) is 0 Å². The molecule has 0 aromatic carbocycles. The van der Waals surface area contributed by atoms with Crippen LogP contribution in [0.4, 0.5) is 8.78 Å². The first kappa shape index (κ1) is 11.9. The maximum atomic E-state index is 12.0. The summed E-state index contributed by atoms with van der Waals surface area (Å²) in [5.74, 6) is 4.27. The van der Waals surface area contributed by atoms with E-state index in [1.807, 2.05) is 5.92 Å². The summed E-state index contributed by atoms with van der Waals surface area (Å²) in [5.41, 5.74) is 0. The molecule has 0 amide bonds. The number of rotatable bonds is 4. The van der Waals surface area contributed by atoms with Crippen molar-refractivity contribution in [2.45, 2.75) is 43.9 Å². The number of unbranched alkanes of at least 4 members (excludes halogenated alkanes) is 4. The molecule has 0 rings (SSSR count). The highest BCUT2D eigenvalue weighted by Gasteiger charge is 2.18. The van der Waals surface area contributed by atoms with Crippen molar-refractivity contribution in [1.82, 2.24) is 0 Å². The van der Waals surface area contributed by atoms with E-state index in [-0.39, 0.29) is 0 Å². The minimum atomic E-state index is -3.00. The van der Waals surface area contributed by atoms with Gasteiger partial charge in [-0.1, -0.05) is 32.1 Å². The van der Waals surface area contributed by atoms with Crippen molar-refractivity contribution in [2.24, 2.45) is 0 Å². The SMILES string of the molecule is CCCCCCC#CC(F)(F)Br. The molecule has 0 heterocycles. The van der Waals surface area contributed by atoms with Gasteiger partial charge < -0.3 is 0 Å². The lowest BCUT2D eigenvalue weighted by molar-refractivity contribution is 0.182. The van der Waals surface area contributed by atoms with Gasteiger partial charge in [-0.15, -0.1) is 0 Å². The maximum absolute atomic E-state index is 12.0. The molecule has 0 fully saturated rings. The minimum absolute atomic E-state index is 0.571. The first-order valence-corrected chi connectivity index (χ1v) is 4.92. The van der Waals surface area contributed by atoms with E-state index < -0.39 is 4.83 Å². The predicted octanol–water partition coefficient (Wildman–Crippen LogP) is 3.95. The third-order valence-corrected chi connectivity index (χ3v) is 1.58. The fraction of sp³-hybridized carbons (Fsp3) is 0.778. The Labute approximate surface area is 80.9 Å². The molecular weight excluding hydrogens is 226 g/mol. The fourth-order valence-corrected chi connectivity index (χ4v) is 0.943. The molecule has 0 spiro atoms. The second-order valence-corrected chi connectivity index (χ2v) is 3.61. The Kier molecular flexibility index (Phi) is 6.37. The Bertz CT molecular complexity index is 162. The van der Waals surface area contributed by atoms with Crippen LogP contribution in [0.5, 0.6) is 0 Å². The van der Waals surface area contributed by atoms with Crippen molar-refractivity contribution in [3.63, 3.8) is 0 Å². The number of halogens is 3. The van der Waals surface area contributed by atoms with Crippen molar-refractivity contribution in [1.29, 1.82) is 0 Å². The molecule has 70 valence electrons. The topological polar surface area (TPSA) is 0 Å². The third kappa shape index (κ3) is 9.90. The van der Waals surface area contributed by atoms with E-state index in [1.54, 1.807) is 0 Å². The second kappa shape index (κ2) is 6.42. The summed E-state index contributed by atoms with van der Waals surface area (Å²) < 4.78 is 24.1. The number of hydrogen-bond donors (Lipinski definition) is 0. The van der Waals surface area contributed by atoms with Gasteiger partial charge in [0.1, 0.15) is 0 Å². The van der Waals surface area contributed by atoms with Gasteiger partial charge in [0.2, 0.25) is 0 Å². The molecule has 0 saturated heterocycles. The molecule has 0 aliphatic heterocycles. The normalized spacial score (nSPS) is 10.7. The van der Waals surface area contributed by atoms with Gasteiger partial charge in [0.15, 0.2) is 0 Å². The van der Waals surface area contributed by atoms with Gasteiger partial charge in [0, 0.05) is 22.4 Å². The Morgan fingerprint density at radius 1 is 1.25 bits per heavy atom. The van der Waals surface area contributed by atoms with E-state index in [0.29, 0.717) is 6.42 Å². The molecule has 0 bridgehead atoms. The van der Waals surface area contributed by atoms with Crippen LogP contribution in [0, 0.1) is 11.8 Å². The fourth-order valence-electron chi connectivity index (χ4n) is 0.803. The zero-order valence-corrected chi connectivity index (χ0v) is 8.76. The minimum Gasteiger partial charge on any atom is -0.180 e. The lowest BCUT2D eigenvalue weighted by Gasteiger charge is -1.95. The molecule has 0 aromatic rings. The molecule has 3 heteroatoms. The summed E-state index contributed by atoms with van der Waals surface area (Å²) in [6, 6.07) is 0. The average Bonchev–Trinajstić information content (AvgIpc) is 1.94. The van der Waals surface area contributed by atoms with E-state index in [2.05, 4.69) is 28.8 Å². The van der Waals surface area contributed by atoms with Gasteiger partial charge in [0.25, 0.3) is 0 Å².